The minimum absolute atomic E-state index is 0.116. The van der Waals surface area contributed by atoms with Gasteiger partial charge in [-0.25, -0.2) is 4.79 Å². The molecule has 0 saturated heterocycles. The number of carbonyl (C=O) groups is 1. The van der Waals surface area contributed by atoms with Crippen LogP contribution in [-0.2, 0) is 4.79 Å². The second kappa shape index (κ2) is 5.17. The SMILES string of the molecule is CC(=CC(C)C(O)CCl)C(=O)O. The van der Waals surface area contributed by atoms with Crippen molar-refractivity contribution in [3.8, 4) is 0 Å². The zero-order valence-electron chi connectivity index (χ0n) is 7.12. The van der Waals surface area contributed by atoms with Gasteiger partial charge in [-0.2, -0.15) is 0 Å². The molecule has 0 bridgehead atoms. The lowest BCUT2D eigenvalue weighted by molar-refractivity contribution is -0.132. The maximum absolute atomic E-state index is 10.4. The first-order valence-electron chi connectivity index (χ1n) is 3.64. The van der Waals surface area contributed by atoms with E-state index in [4.69, 9.17) is 16.7 Å². The van der Waals surface area contributed by atoms with Crippen LogP contribution in [0.15, 0.2) is 11.6 Å². The number of halogens is 1. The molecule has 0 aromatic carbocycles. The normalized spacial score (nSPS) is 17.2. The highest BCUT2D eigenvalue weighted by atomic mass is 35.5. The molecule has 0 amide bonds. The Morgan fingerprint density at radius 3 is 2.50 bits per heavy atom. The van der Waals surface area contributed by atoms with E-state index in [9.17, 15) is 9.90 Å². The predicted molar refractivity (Wildman–Crippen MR) is 47.3 cm³/mol. The van der Waals surface area contributed by atoms with Crippen molar-refractivity contribution in [3.05, 3.63) is 11.6 Å². The summed E-state index contributed by atoms with van der Waals surface area (Å²) in [4.78, 5) is 10.4. The molecular formula is C8H13ClO3. The van der Waals surface area contributed by atoms with Crippen molar-refractivity contribution in [3.63, 3.8) is 0 Å². The third kappa shape index (κ3) is 3.74. The Hall–Kier alpha value is -0.540. The molecule has 3 nitrogen and oxygen atoms in total. The Bertz CT molecular complexity index is 189. The van der Waals surface area contributed by atoms with Gasteiger partial charge < -0.3 is 10.2 Å². The van der Waals surface area contributed by atoms with E-state index >= 15 is 0 Å². The van der Waals surface area contributed by atoms with Gasteiger partial charge in [0.15, 0.2) is 0 Å². The van der Waals surface area contributed by atoms with Crippen LogP contribution >= 0.6 is 11.6 Å². The van der Waals surface area contributed by atoms with Gasteiger partial charge in [0.25, 0.3) is 0 Å². The maximum Gasteiger partial charge on any atom is 0.330 e. The average molecular weight is 193 g/mol. The van der Waals surface area contributed by atoms with E-state index in [2.05, 4.69) is 0 Å². The summed E-state index contributed by atoms with van der Waals surface area (Å²) in [5.41, 5.74) is 0.228. The van der Waals surface area contributed by atoms with Crippen LogP contribution in [-0.4, -0.2) is 28.2 Å². The molecule has 0 radical (unpaired) electrons. The Morgan fingerprint density at radius 2 is 2.17 bits per heavy atom. The van der Waals surface area contributed by atoms with E-state index < -0.39 is 12.1 Å². The molecule has 70 valence electrons. The molecule has 0 fully saturated rings. The average Bonchev–Trinajstić information content (AvgIpc) is 2.02. The number of carboxylic acid groups (broad SMARTS) is 1. The van der Waals surface area contributed by atoms with Gasteiger partial charge in [-0.1, -0.05) is 13.0 Å². The number of aliphatic carboxylic acids is 1. The van der Waals surface area contributed by atoms with Crippen LogP contribution in [0.1, 0.15) is 13.8 Å². The van der Waals surface area contributed by atoms with Crippen molar-refractivity contribution in [1.82, 2.24) is 0 Å². The van der Waals surface area contributed by atoms with Crippen molar-refractivity contribution in [1.29, 1.82) is 0 Å². The number of rotatable bonds is 4. The monoisotopic (exact) mass is 192 g/mol. The Kier molecular flexibility index (Phi) is 4.93. The lowest BCUT2D eigenvalue weighted by atomic mass is 10.0. The quantitative estimate of drug-likeness (QED) is 0.521. The topological polar surface area (TPSA) is 57.5 Å². The highest BCUT2D eigenvalue weighted by molar-refractivity contribution is 6.18. The summed E-state index contributed by atoms with van der Waals surface area (Å²) in [6.45, 7) is 3.21. The van der Waals surface area contributed by atoms with E-state index in [0.717, 1.165) is 0 Å². The Morgan fingerprint density at radius 1 is 1.67 bits per heavy atom. The Labute approximate surface area is 76.7 Å². The number of aliphatic hydroxyl groups excluding tert-OH is 1. The van der Waals surface area contributed by atoms with Crippen LogP contribution in [0.4, 0.5) is 0 Å². The highest BCUT2D eigenvalue weighted by Crippen LogP contribution is 2.09. The van der Waals surface area contributed by atoms with Gasteiger partial charge in [0, 0.05) is 17.4 Å². The molecule has 0 aliphatic carbocycles. The van der Waals surface area contributed by atoms with Crippen molar-refractivity contribution < 1.29 is 15.0 Å². The maximum atomic E-state index is 10.4. The fourth-order valence-corrected chi connectivity index (χ4v) is 0.998. The molecule has 0 aromatic rings. The lowest BCUT2D eigenvalue weighted by Gasteiger charge is -2.11. The summed E-state index contributed by atoms with van der Waals surface area (Å²) in [6.07, 6.45) is 0.816. The molecule has 0 aromatic heterocycles. The van der Waals surface area contributed by atoms with Crippen molar-refractivity contribution in [2.75, 3.05) is 5.88 Å². The minimum atomic E-state index is -0.969. The van der Waals surface area contributed by atoms with Crippen LogP contribution in [0.2, 0.25) is 0 Å². The van der Waals surface area contributed by atoms with Gasteiger partial charge in [0.1, 0.15) is 0 Å². The Balaban J connectivity index is 4.22. The third-order valence-corrected chi connectivity index (χ3v) is 1.93. The van der Waals surface area contributed by atoms with Gasteiger partial charge in [0.05, 0.1) is 6.10 Å². The molecule has 2 unspecified atom stereocenters. The molecule has 0 aliphatic rings. The molecular weight excluding hydrogens is 180 g/mol. The number of hydrogen-bond donors (Lipinski definition) is 2. The van der Waals surface area contributed by atoms with Gasteiger partial charge in [0.2, 0.25) is 0 Å². The van der Waals surface area contributed by atoms with Crippen molar-refractivity contribution in [2.45, 2.75) is 20.0 Å². The van der Waals surface area contributed by atoms with Crippen LogP contribution in [0, 0.1) is 5.92 Å². The van der Waals surface area contributed by atoms with E-state index in [1.807, 2.05) is 0 Å². The lowest BCUT2D eigenvalue weighted by Crippen LogP contribution is -2.18. The first-order chi connectivity index (χ1) is 5.49. The van der Waals surface area contributed by atoms with E-state index in [0.29, 0.717) is 0 Å². The van der Waals surface area contributed by atoms with Gasteiger partial charge in [-0.15, -0.1) is 11.6 Å². The third-order valence-electron chi connectivity index (χ3n) is 1.62. The van der Waals surface area contributed by atoms with E-state index in [1.165, 1.54) is 13.0 Å². The molecule has 0 aliphatic heterocycles. The smallest absolute Gasteiger partial charge is 0.330 e. The van der Waals surface area contributed by atoms with Crippen molar-refractivity contribution >= 4 is 17.6 Å². The van der Waals surface area contributed by atoms with Crippen LogP contribution < -0.4 is 0 Å². The summed E-state index contributed by atoms with van der Waals surface area (Å²) >= 11 is 5.38. The zero-order valence-corrected chi connectivity index (χ0v) is 7.88. The molecule has 12 heavy (non-hydrogen) atoms. The summed E-state index contributed by atoms with van der Waals surface area (Å²) in [6, 6.07) is 0. The van der Waals surface area contributed by atoms with Crippen LogP contribution in [0.3, 0.4) is 0 Å². The molecule has 4 heteroatoms. The molecule has 2 N–H and O–H groups in total. The van der Waals surface area contributed by atoms with Crippen LogP contribution in [0.25, 0.3) is 0 Å². The molecule has 0 spiro atoms. The van der Waals surface area contributed by atoms with E-state index in [1.54, 1.807) is 6.92 Å². The summed E-state index contributed by atoms with van der Waals surface area (Å²) in [5.74, 6) is -1.08. The summed E-state index contributed by atoms with van der Waals surface area (Å²) < 4.78 is 0. The van der Waals surface area contributed by atoms with E-state index in [-0.39, 0.29) is 17.4 Å². The second-order valence-electron chi connectivity index (χ2n) is 2.74. The number of aliphatic hydroxyl groups is 1. The molecule has 0 rings (SSSR count). The molecule has 2 atom stereocenters. The minimum Gasteiger partial charge on any atom is -0.478 e. The number of carboxylic acids is 1. The van der Waals surface area contributed by atoms with Crippen molar-refractivity contribution in [2.24, 2.45) is 5.92 Å². The number of hydrogen-bond acceptors (Lipinski definition) is 2. The first-order valence-corrected chi connectivity index (χ1v) is 4.18. The number of alkyl halides is 1. The van der Waals surface area contributed by atoms with Crippen LogP contribution in [0.5, 0.6) is 0 Å². The summed E-state index contributed by atoms with van der Waals surface area (Å²) in [7, 11) is 0. The fourth-order valence-electron chi connectivity index (χ4n) is 0.717. The first kappa shape index (κ1) is 11.5. The zero-order chi connectivity index (χ0) is 9.72. The second-order valence-corrected chi connectivity index (χ2v) is 3.04. The van der Waals surface area contributed by atoms with Gasteiger partial charge in [-0.05, 0) is 6.92 Å². The molecule has 0 heterocycles. The van der Waals surface area contributed by atoms with Gasteiger partial charge >= 0.3 is 5.97 Å². The standard InChI is InChI=1S/C8H13ClO3/c1-5(7(10)4-9)3-6(2)8(11)12/h3,5,7,10H,4H2,1-2H3,(H,11,12). The largest absolute Gasteiger partial charge is 0.478 e. The highest BCUT2D eigenvalue weighted by Gasteiger charge is 2.11. The predicted octanol–water partition coefficient (Wildman–Crippen LogP) is 1.25. The molecule has 0 saturated carbocycles. The fraction of sp³-hybridized carbons (Fsp3) is 0.625. The van der Waals surface area contributed by atoms with Gasteiger partial charge in [-0.3, -0.25) is 0 Å². The summed E-state index contributed by atoms with van der Waals surface area (Å²) in [5, 5.41) is 17.7.